The molecule has 3 N–H and O–H groups in total. The third kappa shape index (κ3) is 5.83. The number of carbonyl (C=O) groups is 1. The van der Waals surface area contributed by atoms with Gasteiger partial charge in [0.2, 0.25) is 0 Å². The summed E-state index contributed by atoms with van der Waals surface area (Å²) in [6.07, 6.45) is -2.17. The lowest BCUT2D eigenvalue weighted by molar-refractivity contribution is 0.00898. The molecule has 0 aromatic heterocycles. The number of phenolic OH excluding ortho intramolecular Hbond substituents is 1. The summed E-state index contributed by atoms with van der Waals surface area (Å²) in [7, 11) is 1.45. The zero-order valence-electron chi connectivity index (χ0n) is 19.3. The normalized spacial score (nSPS) is 12.5. The summed E-state index contributed by atoms with van der Waals surface area (Å²) < 4.78 is 17.1. The van der Waals surface area contributed by atoms with Crippen LogP contribution in [0.15, 0.2) is 91.0 Å². The van der Waals surface area contributed by atoms with Gasteiger partial charge in [-0.2, -0.15) is 0 Å². The zero-order valence-corrected chi connectivity index (χ0v) is 19.3. The summed E-state index contributed by atoms with van der Waals surface area (Å²) in [4.78, 5) is 13.1. The summed E-state index contributed by atoms with van der Waals surface area (Å²) in [5.41, 5.74) is 1.10. The molecule has 7 heteroatoms. The number of phenols is 1. The highest BCUT2D eigenvalue weighted by Gasteiger charge is 2.30. The number of rotatable bonds is 9. The van der Waals surface area contributed by atoms with E-state index in [4.69, 9.17) is 14.2 Å². The van der Waals surface area contributed by atoms with E-state index in [0.717, 1.165) is 10.8 Å². The van der Waals surface area contributed by atoms with Crippen molar-refractivity contribution in [3.05, 3.63) is 96.6 Å². The minimum absolute atomic E-state index is 0.101. The van der Waals surface area contributed by atoms with Crippen LogP contribution in [0, 0.1) is 0 Å². The molecule has 4 aromatic carbocycles. The van der Waals surface area contributed by atoms with Crippen LogP contribution in [0.3, 0.4) is 0 Å². The Morgan fingerprint density at radius 1 is 0.943 bits per heavy atom. The second-order valence-electron chi connectivity index (χ2n) is 7.89. The average Bonchev–Trinajstić information content (AvgIpc) is 2.88. The average molecular weight is 474 g/mol. The van der Waals surface area contributed by atoms with Crippen LogP contribution in [0.2, 0.25) is 0 Å². The molecular weight excluding hydrogens is 446 g/mol. The van der Waals surface area contributed by atoms with Gasteiger partial charge in [-0.15, -0.1) is 0 Å². The number of carbonyl (C=O) groups excluding carboxylic acids is 1. The Bertz CT molecular complexity index is 1270. The summed E-state index contributed by atoms with van der Waals surface area (Å²) >= 11 is 0. The van der Waals surface area contributed by atoms with E-state index in [1.807, 2.05) is 54.6 Å². The number of aliphatic hydroxyl groups excluding tert-OH is 1. The fourth-order valence-electron chi connectivity index (χ4n) is 3.90. The molecule has 0 spiro atoms. The molecule has 4 aromatic rings. The monoisotopic (exact) mass is 473 g/mol. The van der Waals surface area contributed by atoms with E-state index >= 15 is 0 Å². The molecule has 7 nitrogen and oxygen atoms in total. The Balaban J connectivity index is 1.64. The summed E-state index contributed by atoms with van der Waals surface area (Å²) in [5.74, 6) is 0.748. The number of nitrogens with one attached hydrogen (secondary N) is 1. The maximum Gasteiger partial charge on any atom is 0.412 e. The van der Waals surface area contributed by atoms with E-state index in [2.05, 4.69) is 5.32 Å². The van der Waals surface area contributed by atoms with E-state index < -0.39 is 18.3 Å². The van der Waals surface area contributed by atoms with Crippen molar-refractivity contribution in [2.45, 2.75) is 18.6 Å². The molecule has 0 unspecified atom stereocenters. The standard InChI is InChI=1S/C28H27NO6/c1-33-25-15-14-20(18-24(25)31)27(26(16-17-30)34-21-10-3-2-4-11-21)35-28(32)29-23-13-7-9-19-8-5-6-12-22(19)23/h2-15,18,26-27,30-31H,16-17H2,1H3,(H,29,32)/t26-,27-/m0/s1. The minimum Gasteiger partial charge on any atom is -0.504 e. The predicted molar refractivity (Wildman–Crippen MR) is 134 cm³/mol. The summed E-state index contributed by atoms with van der Waals surface area (Å²) in [6.45, 7) is -0.190. The molecular formula is C28H27NO6. The van der Waals surface area contributed by atoms with Gasteiger partial charge in [0.25, 0.3) is 0 Å². The molecule has 2 atom stereocenters. The number of benzene rings is 4. The van der Waals surface area contributed by atoms with Gasteiger partial charge in [0.15, 0.2) is 17.6 Å². The van der Waals surface area contributed by atoms with Gasteiger partial charge in [-0.25, -0.2) is 4.79 Å². The number of ether oxygens (including phenoxy) is 3. The van der Waals surface area contributed by atoms with E-state index in [-0.39, 0.29) is 24.5 Å². The second-order valence-corrected chi connectivity index (χ2v) is 7.89. The maximum absolute atomic E-state index is 13.1. The van der Waals surface area contributed by atoms with Gasteiger partial charge < -0.3 is 24.4 Å². The number of methoxy groups -OCH3 is 1. The highest BCUT2D eigenvalue weighted by molar-refractivity contribution is 6.00. The third-order valence-corrected chi connectivity index (χ3v) is 5.57. The summed E-state index contributed by atoms with van der Waals surface area (Å²) in [6, 6.07) is 27.1. The Kier molecular flexibility index (Phi) is 7.70. The lowest BCUT2D eigenvalue weighted by atomic mass is 10.0. The molecule has 35 heavy (non-hydrogen) atoms. The number of aromatic hydroxyl groups is 1. The first-order valence-electron chi connectivity index (χ1n) is 11.2. The fourth-order valence-corrected chi connectivity index (χ4v) is 3.90. The Labute approximate surface area is 203 Å². The molecule has 0 aliphatic rings. The highest BCUT2D eigenvalue weighted by atomic mass is 16.6. The fraction of sp³-hybridized carbons (Fsp3) is 0.179. The molecule has 0 bridgehead atoms. The van der Waals surface area contributed by atoms with Crippen molar-refractivity contribution in [3.63, 3.8) is 0 Å². The van der Waals surface area contributed by atoms with E-state index in [1.54, 1.807) is 30.3 Å². The molecule has 0 saturated carbocycles. The van der Waals surface area contributed by atoms with Crippen molar-refractivity contribution in [2.24, 2.45) is 0 Å². The lowest BCUT2D eigenvalue weighted by Gasteiger charge is -2.28. The minimum atomic E-state index is -0.936. The van der Waals surface area contributed by atoms with Gasteiger partial charge in [0, 0.05) is 24.0 Å². The van der Waals surface area contributed by atoms with Crippen LogP contribution < -0.4 is 14.8 Å². The lowest BCUT2D eigenvalue weighted by Crippen LogP contribution is -2.31. The number of aliphatic hydroxyl groups is 1. The van der Waals surface area contributed by atoms with Crippen LogP contribution >= 0.6 is 0 Å². The van der Waals surface area contributed by atoms with Gasteiger partial charge >= 0.3 is 6.09 Å². The quantitative estimate of drug-likeness (QED) is 0.290. The van der Waals surface area contributed by atoms with Gasteiger partial charge in [-0.3, -0.25) is 5.32 Å². The second kappa shape index (κ2) is 11.3. The Hall–Kier alpha value is -4.23. The molecule has 180 valence electrons. The van der Waals surface area contributed by atoms with Gasteiger partial charge in [-0.05, 0) is 35.7 Å². The van der Waals surface area contributed by atoms with Crippen LogP contribution in [0.5, 0.6) is 17.2 Å². The van der Waals surface area contributed by atoms with Gasteiger partial charge in [-0.1, -0.05) is 60.7 Å². The van der Waals surface area contributed by atoms with Crippen molar-refractivity contribution >= 4 is 22.6 Å². The number of anilines is 1. The van der Waals surface area contributed by atoms with Gasteiger partial charge in [0.05, 0.1) is 12.8 Å². The third-order valence-electron chi connectivity index (χ3n) is 5.57. The zero-order chi connectivity index (χ0) is 24.6. The SMILES string of the molecule is COc1ccc([C@H](OC(=O)Nc2cccc3ccccc23)[C@H](CCO)Oc2ccccc2)cc1O. The molecule has 0 fully saturated rings. The predicted octanol–water partition coefficient (Wildman–Crippen LogP) is 5.67. The van der Waals surface area contributed by atoms with Crippen LogP contribution in [0.4, 0.5) is 10.5 Å². The number of hydrogen-bond donors (Lipinski definition) is 3. The Morgan fingerprint density at radius 2 is 1.69 bits per heavy atom. The molecule has 0 heterocycles. The Morgan fingerprint density at radius 3 is 2.43 bits per heavy atom. The van der Waals surface area contributed by atoms with Crippen LogP contribution in [-0.2, 0) is 4.74 Å². The largest absolute Gasteiger partial charge is 0.504 e. The van der Waals surface area contributed by atoms with Crippen LogP contribution in [-0.4, -0.2) is 36.1 Å². The molecule has 0 aliphatic carbocycles. The van der Waals surface area contributed by atoms with Crippen LogP contribution in [0.1, 0.15) is 18.1 Å². The first-order valence-corrected chi connectivity index (χ1v) is 11.2. The maximum atomic E-state index is 13.1. The molecule has 0 radical (unpaired) electrons. The van der Waals surface area contributed by atoms with Crippen molar-refractivity contribution in [1.29, 1.82) is 0 Å². The molecule has 1 amide bonds. The molecule has 4 rings (SSSR count). The number of fused-ring (bicyclic) bond motifs is 1. The number of para-hydroxylation sites is 1. The summed E-state index contributed by atoms with van der Waals surface area (Å²) in [5, 5.41) is 24.8. The van der Waals surface area contributed by atoms with Crippen LogP contribution in [0.25, 0.3) is 10.8 Å². The van der Waals surface area contributed by atoms with E-state index in [9.17, 15) is 15.0 Å². The van der Waals surface area contributed by atoms with E-state index in [0.29, 0.717) is 17.0 Å². The topological polar surface area (TPSA) is 97.3 Å². The highest BCUT2D eigenvalue weighted by Crippen LogP contribution is 2.34. The first kappa shape index (κ1) is 23.9. The smallest absolute Gasteiger partial charge is 0.412 e. The van der Waals surface area contributed by atoms with E-state index in [1.165, 1.54) is 13.2 Å². The van der Waals surface area contributed by atoms with Crippen molar-refractivity contribution < 1.29 is 29.2 Å². The van der Waals surface area contributed by atoms with Gasteiger partial charge in [0.1, 0.15) is 11.9 Å². The molecule has 0 aliphatic heterocycles. The van der Waals surface area contributed by atoms with Crippen molar-refractivity contribution in [1.82, 2.24) is 0 Å². The van der Waals surface area contributed by atoms with Crippen molar-refractivity contribution in [3.8, 4) is 17.2 Å². The first-order chi connectivity index (χ1) is 17.1. The number of hydrogen-bond acceptors (Lipinski definition) is 6. The molecule has 0 saturated heterocycles. The number of amides is 1. The van der Waals surface area contributed by atoms with Crippen molar-refractivity contribution in [2.75, 3.05) is 19.0 Å².